The van der Waals surface area contributed by atoms with Crippen LogP contribution in [0.5, 0.6) is 0 Å². The number of hydrogen-bond acceptors (Lipinski definition) is 5. The lowest BCUT2D eigenvalue weighted by Gasteiger charge is -2.11. The van der Waals surface area contributed by atoms with Crippen LogP contribution in [0.25, 0.3) is 10.8 Å². The topological polar surface area (TPSA) is 112 Å². The van der Waals surface area contributed by atoms with Gasteiger partial charge in [-0.1, -0.05) is 24.3 Å². The number of fused-ring (bicyclic) bond motifs is 1. The summed E-state index contributed by atoms with van der Waals surface area (Å²) in [5.74, 6) is 0. The summed E-state index contributed by atoms with van der Waals surface area (Å²) in [7, 11) is -9.21. The summed E-state index contributed by atoms with van der Waals surface area (Å²) in [6, 6.07) is 7.31. The Morgan fingerprint density at radius 3 is 1.72 bits per heavy atom. The van der Waals surface area contributed by atoms with Crippen molar-refractivity contribution in [3.8, 4) is 0 Å². The Bertz CT molecular complexity index is 749. The van der Waals surface area contributed by atoms with E-state index in [4.69, 9.17) is 4.55 Å². The highest BCUT2D eigenvalue weighted by Gasteiger charge is 2.16. The van der Waals surface area contributed by atoms with Crippen LogP contribution in [0.15, 0.2) is 46.2 Å². The van der Waals surface area contributed by atoms with Crippen LogP contribution in [0.4, 0.5) is 0 Å². The molecule has 2 aromatic carbocycles. The van der Waals surface area contributed by atoms with Gasteiger partial charge in [-0.05, 0) is 12.1 Å². The van der Waals surface area contributed by atoms with E-state index in [1.54, 1.807) is 0 Å². The van der Waals surface area contributed by atoms with Crippen molar-refractivity contribution in [2.24, 2.45) is 0 Å². The normalized spacial score (nSPS) is 12.8. The van der Waals surface area contributed by atoms with Crippen LogP contribution >= 0.6 is 0 Å². The van der Waals surface area contributed by atoms with Crippen LogP contribution in [-0.2, 0) is 20.2 Å². The van der Waals surface area contributed by atoms with Gasteiger partial charge in [0.2, 0.25) is 0 Å². The van der Waals surface area contributed by atoms with Crippen molar-refractivity contribution < 1.29 is 25.9 Å². The first-order chi connectivity index (χ1) is 8.21. The minimum absolute atomic E-state index is 0.0167. The summed E-state index contributed by atoms with van der Waals surface area (Å²) in [6.45, 7) is 0. The first-order valence-corrected chi connectivity index (χ1v) is 7.51. The molecule has 2 aromatic rings. The second kappa shape index (κ2) is 4.02. The van der Waals surface area contributed by atoms with E-state index in [1.165, 1.54) is 24.3 Å². The van der Waals surface area contributed by atoms with Gasteiger partial charge in [-0.15, -0.1) is 0 Å². The second-order valence-electron chi connectivity index (χ2n) is 3.54. The number of hydrogen-bond donors (Lipinski definition) is 1. The largest absolute Gasteiger partial charge is 0.744 e. The predicted molar refractivity (Wildman–Crippen MR) is 61.7 cm³/mol. The monoisotopic (exact) mass is 287 g/mol. The minimum Gasteiger partial charge on any atom is -0.744 e. The lowest BCUT2D eigenvalue weighted by atomic mass is 10.1. The molecule has 0 atom stereocenters. The molecule has 0 aliphatic rings. The molecule has 8 heteroatoms. The van der Waals surface area contributed by atoms with Crippen molar-refractivity contribution in [3.05, 3.63) is 36.4 Å². The number of benzene rings is 2. The molecule has 0 aliphatic carbocycles. The molecule has 0 amide bonds. The average Bonchev–Trinajstić information content (AvgIpc) is 2.24. The summed E-state index contributed by atoms with van der Waals surface area (Å²) in [5.41, 5.74) is 0. The smallest absolute Gasteiger partial charge is 0.295 e. The molecule has 0 saturated heterocycles. The SMILES string of the molecule is O=S(=O)([O-])c1cccc2c(S(=O)(=O)O)cccc12. The van der Waals surface area contributed by atoms with E-state index >= 15 is 0 Å². The minimum atomic E-state index is -4.72. The zero-order valence-electron chi connectivity index (χ0n) is 8.77. The standard InChI is InChI=1S/C10H8O6S2/c11-17(12,13)9-5-1-3-7-8(9)4-2-6-10(7)18(14,15)16/h1-6H,(H,11,12,13)(H,14,15,16)/p-1. The van der Waals surface area contributed by atoms with Crippen molar-refractivity contribution in [1.82, 2.24) is 0 Å². The summed E-state index contributed by atoms with van der Waals surface area (Å²) in [4.78, 5) is -0.962. The highest BCUT2D eigenvalue weighted by Crippen LogP contribution is 2.27. The molecule has 18 heavy (non-hydrogen) atoms. The summed E-state index contributed by atoms with van der Waals surface area (Å²) in [6.07, 6.45) is 0. The number of rotatable bonds is 2. The van der Waals surface area contributed by atoms with Crippen molar-refractivity contribution in [2.45, 2.75) is 9.79 Å². The fraction of sp³-hybridized carbons (Fsp3) is 0. The van der Waals surface area contributed by atoms with E-state index < -0.39 is 30.0 Å². The molecular formula is C10H7O6S2-. The molecule has 0 heterocycles. The maximum Gasteiger partial charge on any atom is 0.295 e. The molecule has 6 nitrogen and oxygen atoms in total. The van der Waals surface area contributed by atoms with Crippen molar-refractivity contribution in [3.63, 3.8) is 0 Å². The van der Waals surface area contributed by atoms with Crippen LogP contribution in [0.2, 0.25) is 0 Å². The third kappa shape index (κ3) is 2.23. The van der Waals surface area contributed by atoms with Gasteiger partial charge in [-0.25, -0.2) is 8.42 Å². The van der Waals surface area contributed by atoms with Crippen LogP contribution in [-0.4, -0.2) is 25.9 Å². The fourth-order valence-electron chi connectivity index (χ4n) is 1.70. The van der Waals surface area contributed by atoms with Crippen molar-refractivity contribution >= 4 is 31.0 Å². The lowest BCUT2D eigenvalue weighted by Crippen LogP contribution is -2.02. The molecular weight excluding hydrogens is 280 g/mol. The Morgan fingerprint density at radius 2 is 1.28 bits per heavy atom. The molecule has 0 saturated carbocycles. The molecule has 0 fully saturated rings. The van der Waals surface area contributed by atoms with Crippen LogP contribution in [0.3, 0.4) is 0 Å². The Labute approximate surface area is 103 Å². The Morgan fingerprint density at radius 1 is 0.833 bits per heavy atom. The Kier molecular flexibility index (Phi) is 2.90. The molecule has 0 radical (unpaired) electrons. The van der Waals surface area contributed by atoms with Crippen LogP contribution < -0.4 is 0 Å². The van der Waals surface area contributed by atoms with Gasteiger partial charge in [0, 0.05) is 10.8 Å². The summed E-state index contributed by atoms with van der Waals surface area (Å²) >= 11 is 0. The molecule has 2 rings (SSSR count). The zero-order valence-corrected chi connectivity index (χ0v) is 10.4. The quantitative estimate of drug-likeness (QED) is 0.824. The highest BCUT2D eigenvalue weighted by atomic mass is 32.2. The highest BCUT2D eigenvalue weighted by molar-refractivity contribution is 7.86. The van der Waals surface area contributed by atoms with Gasteiger partial charge < -0.3 is 4.55 Å². The first kappa shape index (κ1) is 13.0. The van der Waals surface area contributed by atoms with Gasteiger partial charge in [0.1, 0.15) is 15.0 Å². The summed E-state index contributed by atoms with van der Waals surface area (Å²) < 4.78 is 64.4. The van der Waals surface area contributed by atoms with Gasteiger partial charge in [0.05, 0.1) is 4.90 Å². The lowest BCUT2D eigenvalue weighted by molar-refractivity contribution is 0.463. The van der Waals surface area contributed by atoms with E-state index in [2.05, 4.69) is 0 Å². The molecule has 0 bridgehead atoms. The van der Waals surface area contributed by atoms with E-state index in [0.717, 1.165) is 12.1 Å². The maximum atomic E-state index is 11.1. The third-order valence-electron chi connectivity index (χ3n) is 2.39. The van der Waals surface area contributed by atoms with Gasteiger partial charge in [-0.2, -0.15) is 8.42 Å². The average molecular weight is 287 g/mol. The van der Waals surface area contributed by atoms with E-state index in [9.17, 15) is 21.4 Å². The van der Waals surface area contributed by atoms with Crippen molar-refractivity contribution in [1.29, 1.82) is 0 Å². The molecule has 1 N–H and O–H groups in total. The van der Waals surface area contributed by atoms with Gasteiger partial charge in [0.25, 0.3) is 10.1 Å². The van der Waals surface area contributed by atoms with E-state index in [-0.39, 0.29) is 10.8 Å². The Balaban J connectivity index is 3.00. The Hall–Kier alpha value is -1.48. The third-order valence-corrected chi connectivity index (χ3v) is 4.20. The maximum absolute atomic E-state index is 11.1. The van der Waals surface area contributed by atoms with Gasteiger partial charge >= 0.3 is 0 Å². The van der Waals surface area contributed by atoms with Gasteiger partial charge in [-0.3, -0.25) is 4.55 Å². The predicted octanol–water partition coefficient (Wildman–Crippen LogP) is 0.991. The van der Waals surface area contributed by atoms with Crippen molar-refractivity contribution in [2.75, 3.05) is 0 Å². The molecule has 0 spiro atoms. The van der Waals surface area contributed by atoms with Crippen LogP contribution in [0.1, 0.15) is 0 Å². The van der Waals surface area contributed by atoms with Crippen LogP contribution in [0, 0.1) is 0 Å². The molecule has 0 aliphatic heterocycles. The molecule has 0 unspecified atom stereocenters. The van der Waals surface area contributed by atoms with Gasteiger partial charge in [0.15, 0.2) is 0 Å². The molecule has 0 aromatic heterocycles. The summed E-state index contributed by atoms with van der Waals surface area (Å²) in [5, 5.41) is -0.0560. The molecule has 96 valence electrons. The van der Waals surface area contributed by atoms with E-state index in [1.807, 2.05) is 0 Å². The first-order valence-electron chi connectivity index (χ1n) is 4.66. The second-order valence-corrected chi connectivity index (χ2v) is 6.27. The fourth-order valence-corrected chi connectivity index (χ4v) is 3.09. The van der Waals surface area contributed by atoms with E-state index in [0.29, 0.717) is 0 Å². The zero-order chi connectivity index (χ0) is 13.6.